The van der Waals surface area contributed by atoms with E-state index in [0.29, 0.717) is 29.0 Å². The number of benzene rings is 1. The van der Waals surface area contributed by atoms with Crippen LogP contribution in [0.15, 0.2) is 26.0 Å². The van der Waals surface area contributed by atoms with Gasteiger partial charge in [-0.05, 0) is 59.4 Å². The molecule has 1 aromatic carbocycles. The summed E-state index contributed by atoms with van der Waals surface area (Å²) in [6.45, 7) is 3.51. The standard InChI is InChI=1S/C12H16Br2N2O2S/c1-8-4-11(14)12(5-10(8)13)19(17,18)16-3-2-9(6-15)7-16/h4-5,9H,2-3,6-7,15H2,1H3. The van der Waals surface area contributed by atoms with Crippen LogP contribution in [0.2, 0.25) is 0 Å². The van der Waals surface area contributed by atoms with Crippen molar-refractivity contribution in [2.45, 2.75) is 18.2 Å². The molecule has 1 aliphatic heterocycles. The highest BCUT2D eigenvalue weighted by molar-refractivity contribution is 9.11. The minimum absolute atomic E-state index is 0.266. The molecule has 106 valence electrons. The maximum atomic E-state index is 12.6. The van der Waals surface area contributed by atoms with Crippen molar-refractivity contribution >= 4 is 41.9 Å². The van der Waals surface area contributed by atoms with Crippen LogP contribution in [-0.2, 0) is 10.0 Å². The van der Waals surface area contributed by atoms with E-state index in [9.17, 15) is 8.42 Å². The molecule has 0 saturated carbocycles. The van der Waals surface area contributed by atoms with Gasteiger partial charge in [0.2, 0.25) is 10.0 Å². The molecule has 1 atom stereocenters. The van der Waals surface area contributed by atoms with Crippen molar-refractivity contribution in [1.82, 2.24) is 4.31 Å². The molecule has 4 nitrogen and oxygen atoms in total. The highest BCUT2D eigenvalue weighted by atomic mass is 79.9. The molecule has 1 fully saturated rings. The molecule has 1 unspecified atom stereocenters. The van der Waals surface area contributed by atoms with Gasteiger partial charge in [0.1, 0.15) is 0 Å². The van der Waals surface area contributed by atoms with Crippen LogP contribution in [0.25, 0.3) is 0 Å². The van der Waals surface area contributed by atoms with Crippen LogP contribution in [0.1, 0.15) is 12.0 Å². The average molecular weight is 412 g/mol. The Morgan fingerprint density at radius 1 is 1.37 bits per heavy atom. The number of nitrogens with zero attached hydrogens (tertiary/aromatic N) is 1. The molecule has 7 heteroatoms. The van der Waals surface area contributed by atoms with Crippen LogP contribution in [0, 0.1) is 12.8 Å². The first-order valence-electron chi connectivity index (χ1n) is 6.02. The predicted octanol–water partition coefficient (Wildman–Crippen LogP) is 2.49. The lowest BCUT2D eigenvalue weighted by Crippen LogP contribution is -2.30. The normalized spacial score (nSPS) is 20.9. The van der Waals surface area contributed by atoms with Gasteiger partial charge in [0.25, 0.3) is 0 Å². The van der Waals surface area contributed by atoms with E-state index in [1.54, 1.807) is 6.07 Å². The summed E-state index contributed by atoms with van der Waals surface area (Å²) in [7, 11) is -3.45. The molecule has 0 aliphatic carbocycles. The van der Waals surface area contributed by atoms with Crippen LogP contribution in [0.4, 0.5) is 0 Å². The first kappa shape index (κ1) is 15.4. The third-order valence-electron chi connectivity index (χ3n) is 3.41. The largest absolute Gasteiger partial charge is 0.330 e. The van der Waals surface area contributed by atoms with E-state index in [-0.39, 0.29) is 5.92 Å². The second-order valence-corrected chi connectivity index (χ2v) is 8.40. The third-order valence-corrected chi connectivity index (χ3v) is 7.09. The smallest absolute Gasteiger partial charge is 0.244 e. The Labute approximate surface area is 130 Å². The molecule has 19 heavy (non-hydrogen) atoms. The number of aryl methyl sites for hydroxylation is 1. The van der Waals surface area contributed by atoms with E-state index in [1.165, 1.54) is 4.31 Å². The summed E-state index contributed by atoms with van der Waals surface area (Å²) in [5.74, 6) is 0.266. The molecule has 0 bridgehead atoms. The third kappa shape index (κ3) is 3.05. The number of hydrogen-bond acceptors (Lipinski definition) is 3. The molecule has 2 N–H and O–H groups in total. The van der Waals surface area contributed by atoms with Gasteiger partial charge in [0.05, 0.1) is 4.90 Å². The zero-order chi connectivity index (χ0) is 14.2. The van der Waals surface area contributed by atoms with Crippen LogP contribution >= 0.6 is 31.9 Å². The SMILES string of the molecule is Cc1cc(Br)c(S(=O)(=O)N2CCC(CN)C2)cc1Br. The maximum Gasteiger partial charge on any atom is 0.244 e. The summed E-state index contributed by atoms with van der Waals surface area (Å²) >= 11 is 6.73. The van der Waals surface area contributed by atoms with E-state index in [1.807, 2.05) is 13.0 Å². The molecule has 2 rings (SSSR count). The van der Waals surface area contributed by atoms with Gasteiger partial charge in [0, 0.05) is 22.0 Å². The zero-order valence-corrected chi connectivity index (χ0v) is 14.6. The fourth-order valence-corrected chi connectivity index (χ4v) is 5.34. The van der Waals surface area contributed by atoms with Gasteiger partial charge in [-0.2, -0.15) is 4.31 Å². The Kier molecular flexibility index (Phi) is 4.72. The van der Waals surface area contributed by atoms with E-state index >= 15 is 0 Å². The van der Waals surface area contributed by atoms with Crippen molar-refractivity contribution in [2.75, 3.05) is 19.6 Å². The van der Waals surface area contributed by atoms with Gasteiger partial charge in [0.15, 0.2) is 0 Å². The molecule has 1 heterocycles. The number of sulfonamides is 1. The minimum atomic E-state index is -3.45. The molecule has 1 saturated heterocycles. The first-order chi connectivity index (χ1) is 8.86. The van der Waals surface area contributed by atoms with E-state index in [4.69, 9.17) is 5.73 Å². The van der Waals surface area contributed by atoms with Crippen LogP contribution in [0.5, 0.6) is 0 Å². The molecule has 1 aromatic rings. The van der Waals surface area contributed by atoms with Gasteiger partial charge < -0.3 is 5.73 Å². The second-order valence-electron chi connectivity index (χ2n) is 4.79. The number of halogens is 2. The van der Waals surface area contributed by atoms with Gasteiger partial charge in [-0.1, -0.05) is 15.9 Å². The summed E-state index contributed by atoms with van der Waals surface area (Å²) in [6, 6.07) is 3.47. The first-order valence-corrected chi connectivity index (χ1v) is 9.04. The molecule has 1 aliphatic rings. The van der Waals surface area contributed by atoms with Crippen molar-refractivity contribution < 1.29 is 8.42 Å². The summed E-state index contributed by atoms with van der Waals surface area (Å²) < 4.78 is 28.1. The maximum absolute atomic E-state index is 12.6. The number of nitrogens with two attached hydrogens (primary N) is 1. The lowest BCUT2D eigenvalue weighted by molar-refractivity contribution is 0.458. The number of hydrogen-bond donors (Lipinski definition) is 1. The molecule has 0 aromatic heterocycles. The Hall–Kier alpha value is 0.0500. The quantitative estimate of drug-likeness (QED) is 0.830. The van der Waals surface area contributed by atoms with Crippen molar-refractivity contribution in [3.63, 3.8) is 0 Å². The van der Waals surface area contributed by atoms with Gasteiger partial charge in [-0.25, -0.2) is 8.42 Å². The van der Waals surface area contributed by atoms with Crippen molar-refractivity contribution in [3.8, 4) is 0 Å². The molecule has 0 radical (unpaired) electrons. The fourth-order valence-electron chi connectivity index (χ4n) is 2.17. The van der Waals surface area contributed by atoms with Crippen molar-refractivity contribution in [2.24, 2.45) is 11.7 Å². The van der Waals surface area contributed by atoms with Crippen LogP contribution in [-0.4, -0.2) is 32.4 Å². The lowest BCUT2D eigenvalue weighted by Gasteiger charge is -2.18. The second kappa shape index (κ2) is 5.81. The Bertz CT molecular complexity index is 590. The summed E-state index contributed by atoms with van der Waals surface area (Å²) in [5, 5.41) is 0. The highest BCUT2D eigenvalue weighted by Gasteiger charge is 2.33. The monoisotopic (exact) mass is 410 g/mol. The van der Waals surface area contributed by atoms with Crippen molar-refractivity contribution in [3.05, 3.63) is 26.6 Å². The predicted molar refractivity (Wildman–Crippen MR) is 82.5 cm³/mol. The van der Waals surface area contributed by atoms with E-state index < -0.39 is 10.0 Å². The Balaban J connectivity index is 2.38. The molecule has 0 amide bonds. The Morgan fingerprint density at radius 2 is 2.05 bits per heavy atom. The van der Waals surface area contributed by atoms with Gasteiger partial charge in [-0.15, -0.1) is 0 Å². The highest BCUT2D eigenvalue weighted by Crippen LogP contribution is 2.32. The lowest BCUT2D eigenvalue weighted by atomic mass is 10.1. The molecule has 0 spiro atoms. The van der Waals surface area contributed by atoms with E-state index in [0.717, 1.165) is 16.5 Å². The Morgan fingerprint density at radius 3 is 2.63 bits per heavy atom. The van der Waals surface area contributed by atoms with Crippen LogP contribution in [0.3, 0.4) is 0 Å². The minimum Gasteiger partial charge on any atom is -0.330 e. The molecular weight excluding hydrogens is 396 g/mol. The van der Waals surface area contributed by atoms with Gasteiger partial charge in [-0.3, -0.25) is 0 Å². The average Bonchev–Trinajstić information content (AvgIpc) is 2.83. The van der Waals surface area contributed by atoms with E-state index in [2.05, 4.69) is 31.9 Å². The summed E-state index contributed by atoms with van der Waals surface area (Å²) in [5.41, 5.74) is 6.61. The van der Waals surface area contributed by atoms with Gasteiger partial charge >= 0.3 is 0 Å². The summed E-state index contributed by atoms with van der Waals surface area (Å²) in [6.07, 6.45) is 0.834. The summed E-state index contributed by atoms with van der Waals surface area (Å²) in [4.78, 5) is 0.308. The fraction of sp³-hybridized carbons (Fsp3) is 0.500. The van der Waals surface area contributed by atoms with Crippen LogP contribution < -0.4 is 5.73 Å². The number of rotatable bonds is 3. The molecular formula is C12H16Br2N2O2S. The van der Waals surface area contributed by atoms with Crippen molar-refractivity contribution in [1.29, 1.82) is 0 Å². The zero-order valence-electron chi connectivity index (χ0n) is 10.6. The topological polar surface area (TPSA) is 63.4 Å².